The van der Waals surface area contributed by atoms with E-state index in [1.54, 1.807) is 7.11 Å². The molecule has 2 fully saturated rings. The first-order valence-electron chi connectivity index (χ1n) is 6.98. The van der Waals surface area contributed by atoms with Gasteiger partial charge in [-0.25, -0.2) is 0 Å². The topological polar surface area (TPSA) is 41.6 Å². The highest BCUT2D eigenvalue weighted by atomic mass is 16.5. The fourth-order valence-corrected chi connectivity index (χ4v) is 3.20. The largest absolute Gasteiger partial charge is 0.497 e. The van der Waals surface area contributed by atoms with Crippen molar-refractivity contribution in [1.29, 1.82) is 0 Å². The quantitative estimate of drug-likeness (QED) is 0.904. The Balaban J connectivity index is 1.87. The molecule has 1 atom stereocenters. The monoisotopic (exact) mass is 260 g/mol. The van der Waals surface area contributed by atoms with Crippen LogP contribution in [0.2, 0.25) is 0 Å². The van der Waals surface area contributed by atoms with Gasteiger partial charge in [-0.15, -0.1) is 0 Å². The fraction of sp³-hybridized carbons (Fsp3) is 0.533. The maximum atomic E-state index is 12.1. The van der Waals surface area contributed by atoms with Gasteiger partial charge < -0.3 is 9.64 Å². The first-order chi connectivity index (χ1) is 9.29. The molecule has 1 aliphatic carbocycles. The van der Waals surface area contributed by atoms with E-state index in [0.717, 1.165) is 24.2 Å². The number of hydrogen-bond donors (Lipinski definition) is 1. The third-order valence-electron chi connectivity index (χ3n) is 4.14. The van der Waals surface area contributed by atoms with Gasteiger partial charge in [-0.2, -0.15) is 0 Å². The molecule has 3 rings (SSSR count). The van der Waals surface area contributed by atoms with E-state index in [1.165, 1.54) is 12.8 Å². The van der Waals surface area contributed by atoms with E-state index >= 15 is 0 Å². The fourth-order valence-electron chi connectivity index (χ4n) is 3.20. The van der Waals surface area contributed by atoms with Crippen molar-refractivity contribution in [3.8, 4) is 5.75 Å². The maximum Gasteiger partial charge on any atom is 0.238 e. The van der Waals surface area contributed by atoms with Gasteiger partial charge in [-0.1, -0.05) is 25.0 Å². The number of rotatable bonds is 3. The van der Waals surface area contributed by atoms with Crippen molar-refractivity contribution in [2.75, 3.05) is 13.7 Å². The zero-order chi connectivity index (χ0) is 13.2. The molecule has 4 heteroatoms. The summed E-state index contributed by atoms with van der Waals surface area (Å²) in [4.78, 5) is 14.2. The van der Waals surface area contributed by atoms with Crippen molar-refractivity contribution >= 4 is 5.91 Å². The van der Waals surface area contributed by atoms with Crippen molar-refractivity contribution in [2.45, 2.75) is 37.9 Å². The Morgan fingerprint density at radius 3 is 2.84 bits per heavy atom. The second-order valence-corrected chi connectivity index (χ2v) is 5.30. The molecule has 1 unspecified atom stereocenters. The predicted molar refractivity (Wildman–Crippen MR) is 72.8 cm³/mol. The number of nitrogens with zero attached hydrogens (tertiary/aromatic N) is 1. The molecule has 2 aliphatic rings. The van der Waals surface area contributed by atoms with Crippen LogP contribution < -0.4 is 10.1 Å². The summed E-state index contributed by atoms with van der Waals surface area (Å²) < 4.78 is 5.27. The molecule has 0 radical (unpaired) electrons. The molecule has 1 amide bonds. The normalized spacial score (nSPS) is 24.2. The lowest BCUT2D eigenvalue weighted by molar-refractivity contribution is -0.130. The Hall–Kier alpha value is -1.55. The first-order valence-corrected chi connectivity index (χ1v) is 6.98. The van der Waals surface area contributed by atoms with Crippen LogP contribution in [0.3, 0.4) is 0 Å². The number of benzene rings is 1. The van der Waals surface area contributed by atoms with Gasteiger partial charge in [-0.3, -0.25) is 10.1 Å². The summed E-state index contributed by atoms with van der Waals surface area (Å²) in [6, 6.07) is 8.38. The molecule has 0 aromatic heterocycles. The van der Waals surface area contributed by atoms with Gasteiger partial charge in [0.25, 0.3) is 0 Å². The second kappa shape index (κ2) is 5.21. The van der Waals surface area contributed by atoms with Crippen molar-refractivity contribution < 1.29 is 9.53 Å². The van der Waals surface area contributed by atoms with Gasteiger partial charge in [-0.05, 0) is 30.5 Å². The molecular weight excluding hydrogens is 240 g/mol. The molecule has 19 heavy (non-hydrogen) atoms. The number of nitrogens with one attached hydrogen (secondary N) is 1. The number of hydrogen-bond acceptors (Lipinski definition) is 3. The summed E-state index contributed by atoms with van der Waals surface area (Å²) in [5, 5.41) is 3.32. The van der Waals surface area contributed by atoms with Crippen LogP contribution in [-0.4, -0.2) is 30.5 Å². The summed E-state index contributed by atoms with van der Waals surface area (Å²) in [5.74, 6) is 1.06. The van der Waals surface area contributed by atoms with Crippen LogP contribution in [0, 0.1) is 0 Å². The molecule has 1 aromatic rings. The lowest BCUT2D eigenvalue weighted by atomic mass is 10.1. The SMILES string of the molecule is COc1cccc(C2NCC(=O)N2C2CCCC2)c1. The van der Waals surface area contributed by atoms with Crippen LogP contribution in [0.25, 0.3) is 0 Å². The number of carbonyl (C=O) groups is 1. The van der Waals surface area contributed by atoms with Crippen molar-refractivity contribution in [3.05, 3.63) is 29.8 Å². The molecule has 1 aromatic carbocycles. The standard InChI is InChI=1S/C15H20N2O2/c1-19-13-8-4-5-11(9-13)15-16-10-14(18)17(15)12-6-2-3-7-12/h4-5,8-9,12,15-16H,2-3,6-7,10H2,1H3. The second-order valence-electron chi connectivity index (χ2n) is 5.30. The highest BCUT2D eigenvalue weighted by molar-refractivity contribution is 5.81. The van der Waals surface area contributed by atoms with E-state index < -0.39 is 0 Å². The number of carbonyl (C=O) groups excluding carboxylic acids is 1. The molecule has 1 heterocycles. The molecule has 1 saturated heterocycles. The number of methoxy groups -OCH3 is 1. The van der Waals surface area contributed by atoms with Gasteiger partial charge in [0, 0.05) is 6.04 Å². The summed E-state index contributed by atoms with van der Waals surface area (Å²) in [5.41, 5.74) is 1.11. The van der Waals surface area contributed by atoms with E-state index in [0.29, 0.717) is 12.6 Å². The van der Waals surface area contributed by atoms with Crippen LogP contribution >= 0.6 is 0 Å². The van der Waals surface area contributed by atoms with Crippen LogP contribution in [0.1, 0.15) is 37.4 Å². The van der Waals surface area contributed by atoms with Crippen molar-refractivity contribution in [1.82, 2.24) is 10.2 Å². The highest BCUT2D eigenvalue weighted by Gasteiger charge is 2.37. The van der Waals surface area contributed by atoms with Gasteiger partial charge in [0.1, 0.15) is 11.9 Å². The zero-order valence-corrected chi connectivity index (χ0v) is 11.3. The Bertz CT molecular complexity index is 469. The summed E-state index contributed by atoms with van der Waals surface area (Å²) >= 11 is 0. The maximum absolute atomic E-state index is 12.1. The lowest BCUT2D eigenvalue weighted by Gasteiger charge is -2.30. The summed E-state index contributed by atoms with van der Waals surface area (Å²) in [6.07, 6.45) is 4.74. The number of amides is 1. The molecule has 0 spiro atoms. The van der Waals surface area contributed by atoms with Gasteiger partial charge in [0.2, 0.25) is 5.91 Å². The molecular formula is C15H20N2O2. The third kappa shape index (κ3) is 2.32. The van der Waals surface area contributed by atoms with E-state index in [9.17, 15) is 4.79 Å². The average molecular weight is 260 g/mol. The van der Waals surface area contributed by atoms with E-state index in [4.69, 9.17) is 4.74 Å². The minimum atomic E-state index is 0.00528. The van der Waals surface area contributed by atoms with Crippen LogP contribution in [0.4, 0.5) is 0 Å². The van der Waals surface area contributed by atoms with Gasteiger partial charge >= 0.3 is 0 Å². The summed E-state index contributed by atoms with van der Waals surface area (Å²) in [7, 11) is 1.67. The predicted octanol–water partition coefficient (Wildman–Crippen LogP) is 2.07. The van der Waals surface area contributed by atoms with E-state index in [-0.39, 0.29) is 12.1 Å². The Kier molecular flexibility index (Phi) is 3.42. The molecule has 1 aliphatic heterocycles. The average Bonchev–Trinajstić information content (AvgIpc) is 3.07. The Morgan fingerprint density at radius 1 is 1.32 bits per heavy atom. The van der Waals surface area contributed by atoms with E-state index in [1.807, 2.05) is 23.1 Å². The highest BCUT2D eigenvalue weighted by Crippen LogP contribution is 2.33. The lowest BCUT2D eigenvalue weighted by Crippen LogP contribution is -2.38. The molecule has 0 bridgehead atoms. The van der Waals surface area contributed by atoms with Crippen LogP contribution in [0.15, 0.2) is 24.3 Å². The molecule has 102 valence electrons. The van der Waals surface area contributed by atoms with Crippen LogP contribution in [0.5, 0.6) is 5.75 Å². The molecule has 1 saturated carbocycles. The zero-order valence-electron chi connectivity index (χ0n) is 11.3. The van der Waals surface area contributed by atoms with Crippen molar-refractivity contribution in [2.24, 2.45) is 0 Å². The Labute approximate surface area is 113 Å². The third-order valence-corrected chi connectivity index (χ3v) is 4.14. The summed E-state index contributed by atoms with van der Waals surface area (Å²) in [6.45, 7) is 0.443. The minimum absolute atomic E-state index is 0.00528. The van der Waals surface area contributed by atoms with Gasteiger partial charge in [0.05, 0.1) is 13.7 Å². The van der Waals surface area contributed by atoms with E-state index in [2.05, 4.69) is 11.4 Å². The molecule has 1 N–H and O–H groups in total. The first kappa shape index (κ1) is 12.5. The smallest absolute Gasteiger partial charge is 0.238 e. The van der Waals surface area contributed by atoms with Crippen molar-refractivity contribution in [3.63, 3.8) is 0 Å². The van der Waals surface area contributed by atoms with Crippen LogP contribution in [-0.2, 0) is 4.79 Å². The number of ether oxygens (including phenoxy) is 1. The molecule has 4 nitrogen and oxygen atoms in total. The van der Waals surface area contributed by atoms with Gasteiger partial charge in [0.15, 0.2) is 0 Å². The minimum Gasteiger partial charge on any atom is -0.497 e. The Morgan fingerprint density at radius 2 is 2.11 bits per heavy atom.